The minimum atomic E-state index is -0.202. The summed E-state index contributed by atoms with van der Waals surface area (Å²) in [6.45, 7) is 6.36. The quantitative estimate of drug-likeness (QED) is 0.733. The van der Waals surface area contributed by atoms with Crippen molar-refractivity contribution in [2.45, 2.75) is 26.2 Å². The monoisotopic (exact) mass is 271 g/mol. The van der Waals surface area contributed by atoms with Crippen LogP contribution in [0.25, 0.3) is 16.9 Å². The van der Waals surface area contributed by atoms with Crippen molar-refractivity contribution < 1.29 is 0 Å². The highest BCUT2D eigenvalue weighted by atomic mass is 16.1. The Morgan fingerprint density at radius 1 is 1.25 bits per heavy atom. The average molecular weight is 271 g/mol. The Labute approximate surface area is 116 Å². The molecule has 1 N–H and O–H groups in total. The zero-order valence-corrected chi connectivity index (χ0v) is 12.0. The fourth-order valence-corrected chi connectivity index (χ4v) is 2.18. The van der Waals surface area contributed by atoms with Crippen molar-refractivity contribution in [3.63, 3.8) is 0 Å². The topological polar surface area (TPSA) is 68.5 Å². The summed E-state index contributed by atoms with van der Waals surface area (Å²) in [6, 6.07) is 2.01. The number of aromatic nitrogens is 5. The van der Waals surface area contributed by atoms with E-state index in [9.17, 15) is 4.79 Å². The molecule has 0 spiro atoms. The third kappa shape index (κ3) is 1.93. The number of aromatic amines is 1. The largest absolute Gasteiger partial charge is 0.332 e. The number of H-pyrrole nitrogens is 1. The molecule has 0 bridgehead atoms. The summed E-state index contributed by atoms with van der Waals surface area (Å²) in [5.74, 6) is 0. The van der Waals surface area contributed by atoms with Crippen LogP contribution >= 0.6 is 0 Å². The molecule has 3 rings (SSSR count). The van der Waals surface area contributed by atoms with Gasteiger partial charge in [0.15, 0.2) is 5.65 Å². The molecule has 0 atom stereocenters. The first-order chi connectivity index (χ1) is 9.36. The third-order valence-corrected chi connectivity index (χ3v) is 3.35. The van der Waals surface area contributed by atoms with E-state index in [1.807, 2.05) is 19.3 Å². The lowest BCUT2D eigenvalue weighted by Crippen LogP contribution is -2.14. The van der Waals surface area contributed by atoms with Crippen molar-refractivity contribution in [2.75, 3.05) is 0 Å². The lowest BCUT2D eigenvalue weighted by molar-refractivity contribution is 0.588. The first-order valence-electron chi connectivity index (χ1n) is 6.46. The molecule has 3 heterocycles. The van der Waals surface area contributed by atoms with E-state index < -0.39 is 0 Å². The number of nitrogens with one attached hydrogen (secondary N) is 1. The number of pyridine rings is 1. The molecule has 0 radical (unpaired) electrons. The second-order valence-electron chi connectivity index (χ2n) is 5.98. The van der Waals surface area contributed by atoms with Gasteiger partial charge in [-0.1, -0.05) is 20.8 Å². The van der Waals surface area contributed by atoms with Gasteiger partial charge >= 0.3 is 5.69 Å². The number of fused-ring (bicyclic) bond motifs is 1. The van der Waals surface area contributed by atoms with Gasteiger partial charge in [-0.15, -0.1) is 0 Å². The van der Waals surface area contributed by atoms with Crippen LogP contribution in [0.1, 0.15) is 26.3 Å². The van der Waals surface area contributed by atoms with E-state index >= 15 is 0 Å². The van der Waals surface area contributed by atoms with Crippen LogP contribution < -0.4 is 5.69 Å². The summed E-state index contributed by atoms with van der Waals surface area (Å²) in [5.41, 5.74) is 2.96. The predicted octanol–water partition coefficient (Wildman–Crippen LogP) is 1.74. The van der Waals surface area contributed by atoms with E-state index in [4.69, 9.17) is 0 Å². The second-order valence-corrected chi connectivity index (χ2v) is 5.98. The average Bonchev–Trinajstić information content (AvgIpc) is 2.89. The lowest BCUT2D eigenvalue weighted by Gasteiger charge is -2.18. The van der Waals surface area contributed by atoms with Crippen molar-refractivity contribution in [3.05, 3.63) is 40.7 Å². The molecule has 0 amide bonds. The lowest BCUT2D eigenvalue weighted by atomic mass is 9.88. The van der Waals surface area contributed by atoms with Gasteiger partial charge in [-0.3, -0.25) is 14.2 Å². The summed E-state index contributed by atoms with van der Waals surface area (Å²) < 4.78 is 3.27. The van der Waals surface area contributed by atoms with E-state index in [-0.39, 0.29) is 11.1 Å². The van der Waals surface area contributed by atoms with E-state index in [1.54, 1.807) is 21.6 Å². The molecule has 0 saturated heterocycles. The van der Waals surface area contributed by atoms with E-state index in [0.29, 0.717) is 5.65 Å². The summed E-state index contributed by atoms with van der Waals surface area (Å²) in [4.78, 5) is 19.3. The van der Waals surface area contributed by atoms with Gasteiger partial charge in [-0.2, -0.15) is 5.10 Å². The van der Waals surface area contributed by atoms with Gasteiger partial charge in [-0.05, 0) is 17.0 Å². The highest BCUT2D eigenvalue weighted by Crippen LogP contribution is 2.24. The Kier molecular flexibility index (Phi) is 2.57. The standard InChI is InChI=1S/C14H17N5O/c1-14(2,3)9-5-11-12(15-6-9)17-13(20)19(11)10-7-16-18(4)8-10/h5-8H,1-4H3,(H,15,17,20). The van der Waals surface area contributed by atoms with Crippen molar-refractivity contribution >= 4 is 11.2 Å². The fraction of sp³-hybridized carbons (Fsp3) is 0.357. The number of imidazole rings is 1. The van der Waals surface area contributed by atoms with Crippen LogP contribution in [0, 0.1) is 0 Å². The number of nitrogens with zero attached hydrogens (tertiary/aromatic N) is 4. The zero-order valence-electron chi connectivity index (χ0n) is 12.0. The molecule has 0 unspecified atom stereocenters. The normalized spacial score (nSPS) is 12.2. The van der Waals surface area contributed by atoms with Gasteiger partial charge in [0.05, 0.1) is 17.4 Å². The molecule has 104 valence electrons. The first-order valence-corrected chi connectivity index (χ1v) is 6.46. The van der Waals surface area contributed by atoms with E-state index in [0.717, 1.165) is 16.8 Å². The Hall–Kier alpha value is -2.37. The molecule has 0 aliphatic carbocycles. The molecule has 0 fully saturated rings. The number of aryl methyl sites for hydroxylation is 1. The predicted molar refractivity (Wildman–Crippen MR) is 77.2 cm³/mol. The van der Waals surface area contributed by atoms with Gasteiger partial charge < -0.3 is 0 Å². The Bertz CT molecular complexity index is 831. The second kappa shape index (κ2) is 4.06. The smallest absolute Gasteiger partial charge is 0.290 e. The maximum atomic E-state index is 12.1. The molecule has 20 heavy (non-hydrogen) atoms. The van der Waals surface area contributed by atoms with Crippen LogP contribution in [-0.2, 0) is 12.5 Å². The number of hydrogen-bond donors (Lipinski definition) is 1. The van der Waals surface area contributed by atoms with E-state index in [2.05, 4.69) is 35.8 Å². The molecular weight excluding hydrogens is 254 g/mol. The maximum Gasteiger partial charge on any atom is 0.332 e. The molecular formula is C14H17N5O. The molecule has 0 saturated carbocycles. The molecule has 0 aliphatic rings. The fourth-order valence-electron chi connectivity index (χ4n) is 2.18. The molecule has 6 nitrogen and oxygen atoms in total. The van der Waals surface area contributed by atoms with Crippen molar-refractivity contribution in [3.8, 4) is 5.69 Å². The molecule has 3 aromatic heterocycles. The zero-order chi connectivity index (χ0) is 14.5. The van der Waals surface area contributed by atoms with Crippen LogP contribution in [0.15, 0.2) is 29.5 Å². The highest BCUT2D eigenvalue weighted by Gasteiger charge is 2.18. The van der Waals surface area contributed by atoms with Gasteiger partial charge in [0.25, 0.3) is 0 Å². The van der Waals surface area contributed by atoms with Crippen molar-refractivity contribution in [1.29, 1.82) is 0 Å². The molecule has 0 aromatic carbocycles. The minimum Gasteiger partial charge on any atom is -0.290 e. The molecule has 0 aliphatic heterocycles. The molecule has 3 aromatic rings. The van der Waals surface area contributed by atoms with Crippen LogP contribution in [0.5, 0.6) is 0 Å². The van der Waals surface area contributed by atoms with Crippen molar-refractivity contribution in [2.24, 2.45) is 7.05 Å². The van der Waals surface area contributed by atoms with Crippen LogP contribution in [0.4, 0.5) is 0 Å². The first kappa shape index (κ1) is 12.7. The minimum absolute atomic E-state index is 0.0196. The van der Waals surface area contributed by atoms with Gasteiger partial charge in [0.1, 0.15) is 0 Å². The summed E-state index contributed by atoms with van der Waals surface area (Å²) in [5, 5.41) is 4.11. The summed E-state index contributed by atoms with van der Waals surface area (Å²) in [6.07, 6.45) is 5.28. The van der Waals surface area contributed by atoms with Crippen LogP contribution in [0.3, 0.4) is 0 Å². The summed E-state index contributed by atoms with van der Waals surface area (Å²) in [7, 11) is 1.82. The molecule has 6 heteroatoms. The van der Waals surface area contributed by atoms with E-state index in [1.165, 1.54) is 0 Å². The van der Waals surface area contributed by atoms with Gasteiger partial charge in [-0.25, -0.2) is 9.78 Å². The highest BCUT2D eigenvalue weighted by molar-refractivity contribution is 5.74. The van der Waals surface area contributed by atoms with Gasteiger partial charge in [0.2, 0.25) is 0 Å². The Morgan fingerprint density at radius 2 is 2.00 bits per heavy atom. The third-order valence-electron chi connectivity index (χ3n) is 3.35. The van der Waals surface area contributed by atoms with Crippen LogP contribution in [0.2, 0.25) is 0 Å². The summed E-state index contributed by atoms with van der Waals surface area (Å²) >= 11 is 0. The maximum absolute atomic E-state index is 12.1. The van der Waals surface area contributed by atoms with Crippen molar-refractivity contribution in [1.82, 2.24) is 24.3 Å². The number of rotatable bonds is 1. The van der Waals surface area contributed by atoms with Gasteiger partial charge in [0, 0.05) is 19.4 Å². The Balaban J connectivity index is 2.31. The SMILES string of the molecule is Cn1cc(-n2c(=O)[nH]c3ncc(C(C)(C)C)cc32)cn1. The number of hydrogen-bond acceptors (Lipinski definition) is 3. The van der Waals surface area contributed by atoms with Crippen LogP contribution in [-0.4, -0.2) is 24.3 Å². The Morgan fingerprint density at radius 3 is 2.60 bits per heavy atom.